The first-order valence-corrected chi connectivity index (χ1v) is 13.4. The molecule has 0 radical (unpaired) electrons. The number of hydrogen-bond donors (Lipinski definition) is 3. The van der Waals surface area contributed by atoms with Crippen LogP contribution in [0.15, 0.2) is 58.5 Å². The molecule has 0 saturated carbocycles. The molecule has 39 heavy (non-hydrogen) atoms. The van der Waals surface area contributed by atoms with E-state index in [-0.39, 0.29) is 17.3 Å². The third kappa shape index (κ3) is 8.00. The van der Waals surface area contributed by atoms with Gasteiger partial charge in [0, 0.05) is 37.4 Å². The van der Waals surface area contributed by atoms with E-state index in [0.717, 1.165) is 25.9 Å². The molecule has 10 nitrogen and oxygen atoms in total. The molecule has 4 N–H and O–H groups in total. The Morgan fingerprint density at radius 1 is 1.13 bits per heavy atom. The molecular weight excluding hydrogens is 502 g/mol. The number of carbonyl (C=O) groups excluding carboxylic acids is 4. The number of nitrogens with zero attached hydrogens (tertiary/aromatic N) is 1. The summed E-state index contributed by atoms with van der Waals surface area (Å²) in [7, 11) is 1.45. The number of primary amides is 1. The van der Waals surface area contributed by atoms with Crippen molar-refractivity contribution < 1.29 is 33.8 Å². The van der Waals surface area contributed by atoms with Crippen molar-refractivity contribution in [3.63, 3.8) is 0 Å². The standard InChI is InChI=1S/C29H39N3O7/c1-18-13-14-20(33)10-4-5-11-21-25(32-15-6-7-16-32)23(34)17-22(26(21)35)31-28(36)19(2)9-8-12-24(38-3)27(18)39-29(30)37/h8-9,12-13,17,20,24,27,33H,4-7,10-11,14-16H2,1-3H3,(H2,30,37)(H,31,36)/b12-8-,18-13+,19-9+. The molecule has 2 bridgehead atoms. The SMILES string of the molecule is COC1/C=C\C=C(/C)C(=O)NC2=CC(=O)C(N3CCCC3)=C(CCCCC(O)C/C=C(\C)C1OC(N)=O)C2=O. The van der Waals surface area contributed by atoms with Crippen LogP contribution >= 0.6 is 0 Å². The largest absolute Gasteiger partial charge is 0.439 e. The van der Waals surface area contributed by atoms with Gasteiger partial charge in [-0.25, -0.2) is 4.79 Å². The van der Waals surface area contributed by atoms with E-state index in [0.29, 0.717) is 54.5 Å². The van der Waals surface area contributed by atoms with Gasteiger partial charge in [0.2, 0.25) is 11.6 Å². The van der Waals surface area contributed by atoms with Gasteiger partial charge < -0.3 is 30.5 Å². The Hall–Kier alpha value is -3.50. The van der Waals surface area contributed by atoms with Crippen molar-refractivity contribution in [1.29, 1.82) is 0 Å². The van der Waals surface area contributed by atoms with Crippen LogP contribution in [0, 0.1) is 0 Å². The molecular formula is C29H39N3O7. The average molecular weight is 542 g/mol. The Bertz CT molecular complexity index is 1130. The van der Waals surface area contributed by atoms with E-state index in [1.54, 1.807) is 32.1 Å². The fourth-order valence-corrected chi connectivity index (χ4v) is 4.99. The van der Waals surface area contributed by atoms with Crippen LogP contribution in [0.5, 0.6) is 0 Å². The zero-order valence-corrected chi connectivity index (χ0v) is 22.9. The maximum absolute atomic E-state index is 13.5. The second kappa shape index (κ2) is 14.0. The molecule has 1 fully saturated rings. The lowest BCUT2D eigenvalue weighted by molar-refractivity contribution is -0.120. The summed E-state index contributed by atoms with van der Waals surface area (Å²) in [5, 5.41) is 13.2. The molecule has 10 heteroatoms. The Morgan fingerprint density at radius 2 is 1.85 bits per heavy atom. The number of ether oxygens (including phenoxy) is 2. The molecule has 3 atom stereocenters. The van der Waals surface area contributed by atoms with Crippen LogP contribution in [-0.4, -0.2) is 72.1 Å². The normalized spacial score (nSPS) is 29.6. The molecule has 212 valence electrons. The quantitative estimate of drug-likeness (QED) is 0.365. The Balaban J connectivity index is 1.94. The molecule has 2 amide bonds. The second-order valence-electron chi connectivity index (χ2n) is 10.1. The van der Waals surface area contributed by atoms with Crippen molar-refractivity contribution in [2.75, 3.05) is 20.2 Å². The number of rotatable bonds is 3. The van der Waals surface area contributed by atoms with E-state index >= 15 is 0 Å². The van der Waals surface area contributed by atoms with Crippen molar-refractivity contribution in [2.45, 2.75) is 77.1 Å². The smallest absolute Gasteiger partial charge is 0.405 e. The number of aliphatic hydroxyl groups is 1. The number of nitrogens with two attached hydrogens (primary N) is 1. The zero-order valence-electron chi connectivity index (χ0n) is 22.9. The van der Waals surface area contributed by atoms with Crippen LogP contribution in [0.2, 0.25) is 0 Å². The lowest BCUT2D eigenvalue weighted by Crippen LogP contribution is -2.36. The van der Waals surface area contributed by atoms with Gasteiger partial charge in [-0.1, -0.05) is 30.7 Å². The number of carbonyl (C=O) groups is 4. The predicted octanol–water partition coefficient (Wildman–Crippen LogP) is 2.74. The van der Waals surface area contributed by atoms with Crippen molar-refractivity contribution >= 4 is 23.6 Å². The summed E-state index contributed by atoms with van der Waals surface area (Å²) in [4.78, 5) is 53.0. The van der Waals surface area contributed by atoms with E-state index in [9.17, 15) is 24.3 Å². The molecule has 2 heterocycles. The summed E-state index contributed by atoms with van der Waals surface area (Å²) in [5.41, 5.74) is 7.04. The van der Waals surface area contributed by atoms with Gasteiger partial charge in [0.25, 0.3) is 5.91 Å². The number of likely N-dealkylation sites (tertiary alicyclic amines) is 1. The molecule has 2 aliphatic heterocycles. The van der Waals surface area contributed by atoms with E-state index in [1.165, 1.54) is 19.3 Å². The fourth-order valence-electron chi connectivity index (χ4n) is 4.99. The average Bonchev–Trinajstić information content (AvgIpc) is 3.42. The summed E-state index contributed by atoms with van der Waals surface area (Å²) >= 11 is 0. The minimum atomic E-state index is -0.963. The van der Waals surface area contributed by atoms with E-state index in [4.69, 9.17) is 15.2 Å². The molecule has 3 aliphatic rings. The molecule has 3 rings (SSSR count). The second-order valence-corrected chi connectivity index (χ2v) is 10.1. The van der Waals surface area contributed by atoms with Crippen LogP contribution in [-0.2, 0) is 23.9 Å². The Morgan fingerprint density at radius 3 is 2.51 bits per heavy atom. The van der Waals surface area contributed by atoms with Gasteiger partial charge in [0.1, 0.15) is 6.10 Å². The summed E-state index contributed by atoms with van der Waals surface area (Å²) in [6.45, 7) is 4.78. The number of ketones is 2. The highest BCUT2D eigenvalue weighted by atomic mass is 16.6. The highest BCUT2D eigenvalue weighted by Crippen LogP contribution is 2.29. The third-order valence-electron chi connectivity index (χ3n) is 7.18. The number of nitrogens with one attached hydrogen (secondary N) is 1. The Labute approximate surface area is 229 Å². The predicted molar refractivity (Wildman–Crippen MR) is 145 cm³/mol. The summed E-state index contributed by atoms with van der Waals surface area (Å²) in [6.07, 6.45) is 8.88. The van der Waals surface area contributed by atoms with E-state index < -0.39 is 30.3 Å². The monoisotopic (exact) mass is 541 g/mol. The van der Waals surface area contributed by atoms with Crippen LogP contribution in [0.4, 0.5) is 4.79 Å². The molecule has 1 saturated heterocycles. The number of methoxy groups -OCH3 is 1. The fraction of sp³-hybridized carbons (Fsp3) is 0.517. The van der Waals surface area contributed by atoms with Crippen molar-refractivity contribution in [1.82, 2.24) is 10.2 Å². The maximum atomic E-state index is 13.5. The first-order chi connectivity index (χ1) is 18.6. The highest BCUT2D eigenvalue weighted by molar-refractivity contribution is 6.23. The van der Waals surface area contributed by atoms with Crippen molar-refractivity contribution in [3.8, 4) is 0 Å². The van der Waals surface area contributed by atoms with Crippen LogP contribution in [0.25, 0.3) is 0 Å². The number of amides is 2. The first-order valence-electron chi connectivity index (χ1n) is 13.4. The Kier molecular flexibility index (Phi) is 10.8. The zero-order chi connectivity index (χ0) is 28.5. The van der Waals surface area contributed by atoms with Gasteiger partial charge in [0.15, 0.2) is 6.10 Å². The maximum Gasteiger partial charge on any atom is 0.405 e. The van der Waals surface area contributed by atoms with Gasteiger partial charge >= 0.3 is 6.09 Å². The van der Waals surface area contributed by atoms with Gasteiger partial charge in [-0.15, -0.1) is 0 Å². The number of hydrogen-bond acceptors (Lipinski definition) is 8. The first kappa shape index (κ1) is 30.0. The molecule has 0 aromatic rings. The van der Waals surface area contributed by atoms with Gasteiger partial charge in [-0.05, 0) is 57.9 Å². The van der Waals surface area contributed by atoms with Crippen molar-refractivity contribution in [2.24, 2.45) is 5.73 Å². The minimum absolute atomic E-state index is 0.0397. The molecule has 0 spiro atoms. The molecule has 0 aromatic heterocycles. The number of Topliss-reactive ketones (excluding diaryl/α,β-unsaturated/α-hetero) is 1. The summed E-state index contributed by atoms with van der Waals surface area (Å²) in [6, 6.07) is 0. The number of aliphatic hydroxyl groups excluding tert-OH is 1. The number of allylic oxidation sites excluding steroid dienone is 4. The third-order valence-corrected chi connectivity index (χ3v) is 7.18. The van der Waals surface area contributed by atoms with E-state index in [1.807, 2.05) is 4.90 Å². The van der Waals surface area contributed by atoms with Crippen molar-refractivity contribution in [3.05, 3.63) is 58.5 Å². The molecule has 3 unspecified atom stereocenters. The van der Waals surface area contributed by atoms with Gasteiger partial charge in [0.05, 0.1) is 17.5 Å². The lowest BCUT2D eigenvalue weighted by atomic mass is 9.91. The number of fused-ring (bicyclic) bond motifs is 2. The van der Waals surface area contributed by atoms with Gasteiger partial charge in [-0.3, -0.25) is 14.4 Å². The van der Waals surface area contributed by atoms with Crippen LogP contribution in [0.1, 0.15) is 58.8 Å². The molecule has 1 aliphatic carbocycles. The van der Waals surface area contributed by atoms with Gasteiger partial charge in [-0.2, -0.15) is 0 Å². The van der Waals surface area contributed by atoms with Crippen LogP contribution in [0.3, 0.4) is 0 Å². The topological polar surface area (TPSA) is 148 Å². The minimum Gasteiger partial charge on any atom is -0.439 e. The lowest BCUT2D eigenvalue weighted by Gasteiger charge is -2.27. The van der Waals surface area contributed by atoms with E-state index in [2.05, 4.69) is 5.32 Å². The highest BCUT2D eigenvalue weighted by Gasteiger charge is 2.33. The van der Waals surface area contributed by atoms with Crippen LogP contribution < -0.4 is 11.1 Å². The summed E-state index contributed by atoms with van der Waals surface area (Å²) in [5.74, 6) is -1.15. The molecule has 0 aromatic carbocycles. The summed E-state index contributed by atoms with van der Waals surface area (Å²) < 4.78 is 10.8.